The average Bonchev–Trinajstić information content (AvgIpc) is 3.34. The van der Waals surface area contributed by atoms with Gasteiger partial charge in [-0.15, -0.1) is 0 Å². The van der Waals surface area contributed by atoms with Gasteiger partial charge < -0.3 is 5.11 Å². The van der Waals surface area contributed by atoms with Crippen LogP contribution in [-0.4, -0.2) is 59.3 Å². The van der Waals surface area contributed by atoms with Gasteiger partial charge in [-0.05, 0) is 66.7 Å². The number of aliphatic hydroxyl groups excluding tert-OH is 1. The smallest absolute Gasteiger partial charge is 0.178 e. The highest BCUT2D eigenvalue weighted by molar-refractivity contribution is 6.01. The van der Waals surface area contributed by atoms with Crippen molar-refractivity contribution in [3.05, 3.63) is 59.7 Å². The van der Waals surface area contributed by atoms with Gasteiger partial charge in [-0.1, -0.05) is 43.3 Å². The van der Waals surface area contributed by atoms with E-state index in [1.54, 1.807) is 6.92 Å². The van der Waals surface area contributed by atoms with Gasteiger partial charge >= 0.3 is 0 Å². The lowest BCUT2D eigenvalue weighted by atomic mass is 9.43. The summed E-state index contributed by atoms with van der Waals surface area (Å²) in [4.78, 5) is 27.7. The second-order valence-corrected chi connectivity index (χ2v) is 12.5. The third-order valence-corrected chi connectivity index (χ3v) is 11.1. The maximum Gasteiger partial charge on any atom is 0.178 e. The molecule has 1 heterocycles. The molecule has 0 spiro atoms. The number of nitrogens with zero attached hydrogens (tertiary/aromatic N) is 1. The topological polar surface area (TPSA) is 57.6 Å². The Morgan fingerprint density at radius 2 is 1.89 bits per heavy atom. The minimum atomic E-state index is -2.19. The van der Waals surface area contributed by atoms with E-state index in [2.05, 4.69) is 4.90 Å². The second kappa shape index (κ2) is 8.12. The first-order chi connectivity index (χ1) is 17.5. The van der Waals surface area contributed by atoms with Crippen molar-refractivity contribution in [1.82, 2.24) is 4.90 Å². The summed E-state index contributed by atoms with van der Waals surface area (Å²) in [6.45, 7) is 3.91. The molecule has 0 unspecified atom stereocenters. The standard InChI is InChI=1S/C30H34F3NO3/c1-27-9-8-20(35)11-23(27)24(32)12-22-21-10-19-16-34(15-18-6-4-3-5-7-18)17-29(19,26(37)14-31)28(21,2)13-25(36)30(22,27)33/h3-9,11,19,21-22,24-25,36H,10,12-17H2,1-2H3/t19-,21-,22-,24-,25-,27-,28-,29+,30-/m0/s1. The van der Waals surface area contributed by atoms with Crippen LogP contribution in [-0.2, 0) is 16.1 Å². The van der Waals surface area contributed by atoms with Crippen molar-refractivity contribution >= 4 is 11.6 Å². The monoisotopic (exact) mass is 513 g/mol. The Kier molecular flexibility index (Phi) is 5.50. The summed E-state index contributed by atoms with van der Waals surface area (Å²) in [5.74, 6) is -2.31. The van der Waals surface area contributed by atoms with Crippen LogP contribution in [0.2, 0.25) is 0 Å². The second-order valence-electron chi connectivity index (χ2n) is 12.5. The van der Waals surface area contributed by atoms with Crippen LogP contribution in [0.1, 0.15) is 38.7 Å². The zero-order chi connectivity index (χ0) is 26.4. The van der Waals surface area contributed by atoms with Crippen molar-refractivity contribution in [2.75, 3.05) is 19.8 Å². The molecule has 9 atom stereocenters. The lowest BCUT2D eigenvalue weighted by Gasteiger charge is -2.63. The molecule has 4 fully saturated rings. The summed E-state index contributed by atoms with van der Waals surface area (Å²) >= 11 is 0. The molecular weight excluding hydrogens is 479 g/mol. The van der Waals surface area contributed by atoms with Crippen LogP contribution in [0.15, 0.2) is 54.1 Å². The fourth-order valence-corrected chi connectivity index (χ4v) is 9.46. The van der Waals surface area contributed by atoms with Gasteiger partial charge in [0.05, 0.1) is 11.5 Å². The van der Waals surface area contributed by atoms with Crippen LogP contribution in [0.5, 0.6) is 0 Å². The normalized spacial score (nSPS) is 46.6. The summed E-state index contributed by atoms with van der Waals surface area (Å²) in [6.07, 6.45) is 1.19. The minimum absolute atomic E-state index is 0.00626. The number of hydrogen-bond acceptors (Lipinski definition) is 4. The number of halogens is 3. The number of carbonyl (C=O) groups is 2. The number of alkyl halides is 3. The van der Waals surface area contributed by atoms with Crippen LogP contribution in [0.4, 0.5) is 13.2 Å². The lowest BCUT2D eigenvalue weighted by Crippen LogP contribution is -2.69. The van der Waals surface area contributed by atoms with Gasteiger partial charge in [-0.3, -0.25) is 14.5 Å². The van der Waals surface area contributed by atoms with Crippen molar-refractivity contribution in [3.63, 3.8) is 0 Å². The molecule has 0 amide bonds. The van der Waals surface area contributed by atoms with Crippen molar-refractivity contribution in [2.45, 2.75) is 57.6 Å². The molecule has 4 aliphatic carbocycles. The van der Waals surface area contributed by atoms with Crippen molar-refractivity contribution < 1.29 is 27.9 Å². The summed E-state index contributed by atoms with van der Waals surface area (Å²) in [7, 11) is 0. The predicted molar refractivity (Wildman–Crippen MR) is 133 cm³/mol. The Hall–Kier alpha value is -2.25. The van der Waals surface area contributed by atoms with Gasteiger partial charge in [0, 0.05) is 31.0 Å². The lowest BCUT2D eigenvalue weighted by molar-refractivity contribution is -0.211. The van der Waals surface area contributed by atoms with Gasteiger partial charge in [0.25, 0.3) is 0 Å². The van der Waals surface area contributed by atoms with Gasteiger partial charge in [0.2, 0.25) is 0 Å². The van der Waals surface area contributed by atoms with E-state index in [0.29, 0.717) is 26.1 Å². The van der Waals surface area contributed by atoms with Crippen molar-refractivity contribution in [1.29, 1.82) is 0 Å². The van der Waals surface area contributed by atoms with E-state index in [-0.39, 0.29) is 36.0 Å². The Morgan fingerprint density at radius 1 is 1.16 bits per heavy atom. The van der Waals surface area contributed by atoms with Crippen molar-refractivity contribution in [2.24, 2.45) is 34.0 Å². The molecule has 37 heavy (non-hydrogen) atoms. The maximum atomic E-state index is 17.4. The third-order valence-electron chi connectivity index (χ3n) is 11.1. The number of ketones is 2. The van der Waals surface area contributed by atoms with Crippen LogP contribution in [0.3, 0.4) is 0 Å². The van der Waals surface area contributed by atoms with Gasteiger partial charge in [-0.25, -0.2) is 13.2 Å². The van der Waals surface area contributed by atoms with Crippen LogP contribution in [0.25, 0.3) is 0 Å². The molecule has 1 aliphatic heterocycles. The molecule has 1 N–H and O–H groups in total. The summed E-state index contributed by atoms with van der Waals surface area (Å²) in [5.41, 5.74) is -4.41. The largest absolute Gasteiger partial charge is 0.390 e. The molecular formula is C30H34F3NO3. The number of rotatable bonds is 4. The SMILES string of the molecule is C[C@]12C=CC(=O)C=C1[C@@H](F)C[C@H]1[C@@H]3C[C@H]4CN(Cc5ccccc5)C[C@@]4(C(=O)CF)[C@@]3(C)C[C@H](O)[C@@]12F. The quantitative estimate of drug-likeness (QED) is 0.641. The molecule has 3 saturated carbocycles. The molecule has 6 rings (SSSR count). The Balaban J connectivity index is 1.41. The van der Waals surface area contributed by atoms with Gasteiger partial charge in [0.15, 0.2) is 17.2 Å². The number of hydrogen-bond donors (Lipinski definition) is 1. The van der Waals surface area contributed by atoms with Crippen molar-refractivity contribution in [3.8, 4) is 0 Å². The average molecular weight is 514 g/mol. The highest BCUT2D eigenvalue weighted by Gasteiger charge is 2.78. The highest BCUT2D eigenvalue weighted by atomic mass is 19.1. The molecule has 0 aromatic heterocycles. The summed E-state index contributed by atoms with van der Waals surface area (Å²) in [6, 6.07) is 9.88. The number of allylic oxidation sites excluding steroid dienone is 4. The molecule has 0 bridgehead atoms. The minimum Gasteiger partial charge on any atom is -0.390 e. The zero-order valence-electron chi connectivity index (χ0n) is 21.3. The van der Waals surface area contributed by atoms with Crippen LogP contribution < -0.4 is 0 Å². The Morgan fingerprint density at radius 3 is 2.59 bits per heavy atom. The summed E-state index contributed by atoms with van der Waals surface area (Å²) < 4.78 is 47.3. The number of fused-ring (bicyclic) bond motifs is 7. The van der Waals surface area contributed by atoms with E-state index in [4.69, 9.17) is 0 Å². The third kappa shape index (κ3) is 3.04. The Labute approximate surface area is 215 Å². The molecule has 4 nitrogen and oxygen atoms in total. The van der Waals surface area contributed by atoms with E-state index >= 15 is 8.78 Å². The fraction of sp³-hybridized carbons (Fsp3) is 0.600. The van der Waals surface area contributed by atoms with E-state index < -0.39 is 52.6 Å². The first kappa shape index (κ1) is 25.1. The van der Waals surface area contributed by atoms with E-state index in [0.717, 1.165) is 5.56 Å². The molecule has 5 aliphatic rings. The number of carbonyl (C=O) groups excluding carboxylic acids is 2. The zero-order valence-corrected chi connectivity index (χ0v) is 21.3. The molecule has 1 aromatic carbocycles. The molecule has 198 valence electrons. The van der Waals surface area contributed by atoms with E-state index in [9.17, 15) is 19.1 Å². The number of Topliss-reactive ketones (excluding diaryl/α,β-unsaturated/α-hetero) is 1. The van der Waals surface area contributed by atoms with Gasteiger partial charge in [0.1, 0.15) is 12.8 Å². The molecule has 1 saturated heterocycles. The number of benzene rings is 1. The molecule has 0 radical (unpaired) electrons. The first-order valence-electron chi connectivity index (χ1n) is 13.3. The molecule has 7 heteroatoms. The van der Waals surface area contributed by atoms with Gasteiger partial charge in [-0.2, -0.15) is 0 Å². The first-order valence-corrected chi connectivity index (χ1v) is 13.3. The number of likely N-dealkylation sites (tertiary alicyclic amines) is 1. The summed E-state index contributed by atoms with van der Waals surface area (Å²) in [5, 5.41) is 11.6. The Bertz CT molecular complexity index is 1200. The number of aliphatic hydroxyl groups is 1. The van der Waals surface area contributed by atoms with Crippen LogP contribution in [0, 0.1) is 34.0 Å². The van der Waals surface area contributed by atoms with E-state index in [1.165, 1.54) is 18.2 Å². The maximum absolute atomic E-state index is 17.4. The highest BCUT2D eigenvalue weighted by Crippen LogP contribution is 2.74. The molecule has 1 aromatic rings. The van der Waals surface area contributed by atoms with E-state index in [1.807, 2.05) is 37.3 Å². The van der Waals surface area contributed by atoms with Crippen LogP contribution >= 0.6 is 0 Å². The predicted octanol–water partition coefficient (Wildman–Crippen LogP) is 4.57. The fourth-order valence-electron chi connectivity index (χ4n) is 9.46.